The maximum absolute atomic E-state index is 5.92. The van der Waals surface area contributed by atoms with Gasteiger partial charge in [-0.25, -0.2) is 0 Å². The molecule has 2 aromatic rings. The predicted molar refractivity (Wildman–Crippen MR) is 83.2 cm³/mol. The Bertz CT molecular complexity index is 576. The summed E-state index contributed by atoms with van der Waals surface area (Å²) in [4.78, 5) is 4.58. The van der Waals surface area contributed by atoms with Gasteiger partial charge in [0.05, 0.1) is 5.56 Å². The Kier molecular flexibility index (Phi) is 4.96. The lowest BCUT2D eigenvalue weighted by Gasteiger charge is -2.27. The van der Waals surface area contributed by atoms with Gasteiger partial charge in [-0.3, -0.25) is 0 Å². The van der Waals surface area contributed by atoms with Gasteiger partial charge in [0.15, 0.2) is 0 Å². The number of para-hydroxylation sites is 1. The third-order valence-electron chi connectivity index (χ3n) is 3.82. The molecular weight excluding hydrogens is 266 g/mol. The average Bonchev–Trinajstić information content (AvgIpc) is 3.03. The lowest BCUT2D eigenvalue weighted by Crippen LogP contribution is -2.29. The summed E-state index contributed by atoms with van der Waals surface area (Å²) in [7, 11) is 1.87. The summed E-state index contributed by atoms with van der Waals surface area (Å²) in [5, 5.41) is 7.30. The molecule has 0 aliphatic heterocycles. The summed E-state index contributed by atoms with van der Waals surface area (Å²) in [6.45, 7) is 6.77. The molecular formula is C16H23N3O2. The maximum atomic E-state index is 5.92. The van der Waals surface area contributed by atoms with E-state index in [2.05, 4.69) is 29.3 Å². The minimum Gasteiger partial charge on any atom is -0.387 e. The lowest BCUT2D eigenvalue weighted by molar-refractivity contribution is -0.0583. The van der Waals surface area contributed by atoms with Gasteiger partial charge in [0.1, 0.15) is 5.60 Å². The van der Waals surface area contributed by atoms with Crippen molar-refractivity contribution in [1.82, 2.24) is 10.1 Å². The topological polar surface area (TPSA) is 60.2 Å². The summed E-state index contributed by atoms with van der Waals surface area (Å²) in [5.74, 6) is 1.14. The van der Waals surface area contributed by atoms with Crippen molar-refractivity contribution in [3.63, 3.8) is 0 Å². The van der Waals surface area contributed by atoms with Crippen LogP contribution < -0.4 is 5.32 Å². The molecule has 1 heterocycles. The molecule has 0 aliphatic rings. The first kappa shape index (κ1) is 15.5. The van der Waals surface area contributed by atoms with E-state index >= 15 is 0 Å². The van der Waals surface area contributed by atoms with Crippen LogP contribution in [0.1, 0.15) is 39.4 Å². The van der Waals surface area contributed by atoms with E-state index in [-0.39, 0.29) is 0 Å². The zero-order chi connectivity index (χ0) is 15.3. The Balaban J connectivity index is 2.41. The number of rotatable bonds is 7. The monoisotopic (exact) mass is 289 g/mol. The second kappa shape index (κ2) is 6.72. The van der Waals surface area contributed by atoms with Gasteiger partial charge in [-0.05, 0) is 31.9 Å². The van der Waals surface area contributed by atoms with Crippen molar-refractivity contribution >= 4 is 5.69 Å². The molecule has 0 fully saturated rings. The van der Waals surface area contributed by atoms with Crippen LogP contribution >= 0.6 is 0 Å². The molecule has 0 saturated heterocycles. The van der Waals surface area contributed by atoms with E-state index in [4.69, 9.17) is 9.26 Å². The SMILES string of the molecule is CCOC(CC)(CC)c1noc(-c2ccccc2NC)n1. The van der Waals surface area contributed by atoms with Crippen molar-refractivity contribution in [3.05, 3.63) is 30.1 Å². The third-order valence-corrected chi connectivity index (χ3v) is 3.82. The highest BCUT2D eigenvalue weighted by atomic mass is 16.5. The number of anilines is 1. The summed E-state index contributed by atoms with van der Waals surface area (Å²) < 4.78 is 11.4. The molecule has 0 aliphatic carbocycles. The van der Waals surface area contributed by atoms with E-state index in [0.717, 1.165) is 24.1 Å². The summed E-state index contributed by atoms with van der Waals surface area (Å²) in [6.07, 6.45) is 1.62. The molecule has 0 bridgehead atoms. The van der Waals surface area contributed by atoms with Crippen LogP contribution in [-0.2, 0) is 10.3 Å². The Hall–Kier alpha value is -1.88. The molecule has 0 atom stereocenters. The number of hydrogen-bond acceptors (Lipinski definition) is 5. The highest BCUT2D eigenvalue weighted by Crippen LogP contribution is 2.33. The van der Waals surface area contributed by atoms with Gasteiger partial charge >= 0.3 is 0 Å². The van der Waals surface area contributed by atoms with Gasteiger partial charge < -0.3 is 14.6 Å². The Labute approximate surface area is 125 Å². The first-order valence-corrected chi connectivity index (χ1v) is 7.46. The molecule has 0 amide bonds. The summed E-state index contributed by atoms with van der Waals surface area (Å²) in [5.41, 5.74) is 1.39. The molecule has 1 aromatic heterocycles. The van der Waals surface area contributed by atoms with E-state index in [1.54, 1.807) is 0 Å². The van der Waals surface area contributed by atoms with Crippen molar-refractivity contribution in [2.24, 2.45) is 0 Å². The highest BCUT2D eigenvalue weighted by Gasteiger charge is 2.34. The van der Waals surface area contributed by atoms with Crippen molar-refractivity contribution < 1.29 is 9.26 Å². The van der Waals surface area contributed by atoms with Crippen molar-refractivity contribution in [1.29, 1.82) is 0 Å². The molecule has 21 heavy (non-hydrogen) atoms. The average molecular weight is 289 g/mol. The number of nitrogens with one attached hydrogen (secondary N) is 1. The normalized spacial score (nSPS) is 11.6. The second-order valence-corrected chi connectivity index (χ2v) is 4.85. The van der Waals surface area contributed by atoms with Gasteiger partial charge in [0, 0.05) is 19.3 Å². The highest BCUT2D eigenvalue weighted by molar-refractivity contribution is 5.72. The van der Waals surface area contributed by atoms with Gasteiger partial charge in [0.2, 0.25) is 5.82 Å². The minimum atomic E-state index is -0.467. The molecule has 0 radical (unpaired) electrons. The standard InChI is InChI=1S/C16H23N3O2/c1-5-16(6-2,20-7-3)15-18-14(21-19-15)12-10-8-9-11-13(12)17-4/h8-11,17H,5-7H2,1-4H3. The first-order valence-electron chi connectivity index (χ1n) is 7.46. The zero-order valence-corrected chi connectivity index (χ0v) is 13.1. The van der Waals surface area contributed by atoms with Crippen LogP contribution in [0.3, 0.4) is 0 Å². The number of nitrogens with zero attached hydrogens (tertiary/aromatic N) is 2. The van der Waals surface area contributed by atoms with Crippen LogP contribution in [0.25, 0.3) is 11.5 Å². The van der Waals surface area contributed by atoms with Gasteiger partial charge in [-0.1, -0.05) is 31.1 Å². The quantitative estimate of drug-likeness (QED) is 0.839. The fourth-order valence-electron chi connectivity index (χ4n) is 2.52. The van der Waals surface area contributed by atoms with Crippen molar-refractivity contribution in [2.75, 3.05) is 19.0 Å². The number of hydrogen-bond donors (Lipinski definition) is 1. The summed E-state index contributed by atoms with van der Waals surface area (Å²) in [6, 6.07) is 7.86. The molecule has 5 heteroatoms. The third kappa shape index (κ3) is 2.93. The molecule has 0 spiro atoms. The van der Waals surface area contributed by atoms with Crippen LogP contribution in [0.5, 0.6) is 0 Å². The van der Waals surface area contributed by atoms with Gasteiger partial charge in [-0.15, -0.1) is 0 Å². The van der Waals surface area contributed by atoms with E-state index in [1.807, 2.05) is 38.2 Å². The van der Waals surface area contributed by atoms with Crippen LogP contribution in [0, 0.1) is 0 Å². The molecule has 1 N–H and O–H groups in total. The number of aromatic nitrogens is 2. The van der Waals surface area contributed by atoms with Crippen LogP contribution in [0.2, 0.25) is 0 Å². The predicted octanol–water partition coefficient (Wildman–Crippen LogP) is 3.83. The maximum Gasteiger partial charge on any atom is 0.260 e. The smallest absolute Gasteiger partial charge is 0.260 e. The fraction of sp³-hybridized carbons (Fsp3) is 0.500. The van der Waals surface area contributed by atoms with Crippen molar-refractivity contribution in [2.45, 2.75) is 39.2 Å². The van der Waals surface area contributed by atoms with E-state index in [0.29, 0.717) is 18.3 Å². The molecule has 0 saturated carbocycles. The van der Waals surface area contributed by atoms with Gasteiger partial charge in [0.25, 0.3) is 5.89 Å². The van der Waals surface area contributed by atoms with Crippen LogP contribution in [0.15, 0.2) is 28.8 Å². The number of benzene rings is 1. The molecule has 2 rings (SSSR count). The Morgan fingerprint density at radius 3 is 2.52 bits per heavy atom. The van der Waals surface area contributed by atoms with E-state index < -0.39 is 5.60 Å². The molecule has 114 valence electrons. The Morgan fingerprint density at radius 1 is 1.19 bits per heavy atom. The largest absolute Gasteiger partial charge is 0.387 e. The van der Waals surface area contributed by atoms with E-state index in [1.165, 1.54) is 0 Å². The van der Waals surface area contributed by atoms with Crippen LogP contribution in [0.4, 0.5) is 5.69 Å². The molecule has 1 aromatic carbocycles. The molecule has 5 nitrogen and oxygen atoms in total. The van der Waals surface area contributed by atoms with Crippen molar-refractivity contribution in [3.8, 4) is 11.5 Å². The van der Waals surface area contributed by atoms with Gasteiger partial charge in [-0.2, -0.15) is 4.98 Å². The zero-order valence-electron chi connectivity index (χ0n) is 13.1. The summed E-state index contributed by atoms with van der Waals surface area (Å²) >= 11 is 0. The fourth-order valence-corrected chi connectivity index (χ4v) is 2.52. The van der Waals surface area contributed by atoms with Crippen LogP contribution in [-0.4, -0.2) is 23.8 Å². The number of ether oxygens (including phenoxy) is 1. The first-order chi connectivity index (χ1) is 10.2. The second-order valence-electron chi connectivity index (χ2n) is 4.85. The van der Waals surface area contributed by atoms with E-state index in [9.17, 15) is 0 Å². The molecule has 0 unspecified atom stereocenters. The Morgan fingerprint density at radius 2 is 1.90 bits per heavy atom. The minimum absolute atomic E-state index is 0.467. The lowest BCUT2D eigenvalue weighted by atomic mass is 9.96.